The van der Waals surface area contributed by atoms with Crippen LogP contribution in [0.3, 0.4) is 0 Å². The number of amides is 1. The average Bonchev–Trinajstić information content (AvgIpc) is 2.25. The Kier molecular flexibility index (Phi) is 7.61. The Labute approximate surface area is 109 Å². The van der Waals surface area contributed by atoms with Crippen LogP contribution in [-0.4, -0.2) is 51.6 Å². The van der Waals surface area contributed by atoms with Crippen molar-refractivity contribution >= 4 is 20.1 Å². The maximum atomic E-state index is 11.4. The number of carbonyl (C=O) groups is 2. The van der Waals surface area contributed by atoms with Crippen molar-refractivity contribution in [3.8, 4) is 0 Å². The molecule has 0 rings (SSSR count). The lowest BCUT2D eigenvalue weighted by Gasteiger charge is -2.17. The number of nitrogens with one attached hydrogen (secondary N) is 1. The number of carbonyl (C=O) groups excluding carboxylic acids is 2. The van der Waals surface area contributed by atoms with Crippen LogP contribution in [0.25, 0.3) is 0 Å². The smallest absolute Gasteiger partial charge is 0.407 e. The van der Waals surface area contributed by atoms with Crippen molar-refractivity contribution in [2.45, 2.75) is 38.1 Å². The predicted octanol–water partition coefficient (Wildman–Crippen LogP) is 0.975. The second-order valence-electron chi connectivity index (χ2n) is 5.18. The van der Waals surface area contributed by atoms with Crippen LogP contribution in [0.1, 0.15) is 6.42 Å². The zero-order valence-corrected chi connectivity index (χ0v) is 12.5. The first kappa shape index (κ1) is 16.9. The second-order valence-corrected chi connectivity index (χ2v) is 10.8. The van der Waals surface area contributed by atoms with Gasteiger partial charge in [-0.2, -0.15) is 0 Å². The van der Waals surface area contributed by atoms with Crippen LogP contribution in [0.5, 0.6) is 0 Å². The van der Waals surface area contributed by atoms with E-state index in [1.165, 1.54) is 7.11 Å². The highest BCUT2D eigenvalue weighted by Gasteiger charge is 2.22. The molecule has 0 bridgehead atoms. The molecule has 6 nitrogen and oxygen atoms in total. The molecule has 0 aliphatic carbocycles. The average molecular weight is 277 g/mol. The minimum atomic E-state index is -1.24. The van der Waals surface area contributed by atoms with Gasteiger partial charge in [-0.3, -0.25) is 0 Å². The lowest BCUT2D eigenvalue weighted by Crippen LogP contribution is -2.42. The second kappa shape index (κ2) is 8.10. The van der Waals surface area contributed by atoms with E-state index in [-0.39, 0.29) is 13.0 Å². The molecular formula is C11H23NO5Si. The van der Waals surface area contributed by atoms with E-state index in [4.69, 9.17) is 9.84 Å². The van der Waals surface area contributed by atoms with Gasteiger partial charge < -0.3 is 19.9 Å². The highest BCUT2D eigenvalue weighted by Crippen LogP contribution is 2.07. The normalized spacial score (nSPS) is 12.7. The van der Waals surface area contributed by atoms with E-state index in [0.29, 0.717) is 6.61 Å². The van der Waals surface area contributed by atoms with Gasteiger partial charge in [0.1, 0.15) is 6.04 Å². The first-order chi connectivity index (χ1) is 8.30. The summed E-state index contributed by atoms with van der Waals surface area (Å²) in [6.07, 6.45) is -0.549. The molecule has 18 heavy (non-hydrogen) atoms. The maximum absolute atomic E-state index is 11.4. The van der Waals surface area contributed by atoms with Crippen LogP contribution in [0, 0.1) is 0 Å². The first-order valence-electron chi connectivity index (χ1n) is 5.92. The van der Waals surface area contributed by atoms with E-state index in [1.54, 1.807) is 0 Å². The molecule has 0 aromatic rings. The summed E-state index contributed by atoms with van der Waals surface area (Å²) in [7, 11) is -0.0174. The summed E-state index contributed by atoms with van der Waals surface area (Å²) < 4.78 is 9.50. The van der Waals surface area contributed by atoms with Crippen molar-refractivity contribution in [1.29, 1.82) is 0 Å². The van der Waals surface area contributed by atoms with E-state index < -0.39 is 26.2 Å². The summed E-state index contributed by atoms with van der Waals surface area (Å²) in [6, 6.07) is 0.00271. The Bertz CT molecular complexity index is 277. The van der Waals surface area contributed by atoms with Gasteiger partial charge in [-0.05, 0) is 6.04 Å². The van der Waals surface area contributed by atoms with Gasteiger partial charge in [0, 0.05) is 21.1 Å². The van der Waals surface area contributed by atoms with Crippen molar-refractivity contribution in [3.63, 3.8) is 0 Å². The van der Waals surface area contributed by atoms with Gasteiger partial charge in [0.25, 0.3) is 0 Å². The van der Waals surface area contributed by atoms with Gasteiger partial charge >= 0.3 is 12.1 Å². The predicted molar refractivity (Wildman–Crippen MR) is 70.1 cm³/mol. The van der Waals surface area contributed by atoms with Crippen molar-refractivity contribution in [1.82, 2.24) is 5.32 Å². The summed E-state index contributed by atoms with van der Waals surface area (Å²) in [5, 5.41) is 11.2. The maximum Gasteiger partial charge on any atom is 0.407 e. The minimum Gasteiger partial charge on any atom is -0.467 e. The fourth-order valence-corrected chi connectivity index (χ4v) is 1.87. The molecule has 0 saturated heterocycles. The first-order valence-corrected chi connectivity index (χ1v) is 9.63. The van der Waals surface area contributed by atoms with Gasteiger partial charge in [-0.25, -0.2) is 9.59 Å². The molecule has 0 fully saturated rings. The Balaban J connectivity index is 4.06. The van der Waals surface area contributed by atoms with Crippen molar-refractivity contribution in [2.75, 3.05) is 20.3 Å². The van der Waals surface area contributed by atoms with Gasteiger partial charge in [0.15, 0.2) is 0 Å². The SMILES string of the molecule is COC(=O)[C@H](CCO)NC(=O)OCC[Si](C)(C)C. The number of alkyl carbamates (subject to hydrolysis) is 1. The number of rotatable bonds is 7. The highest BCUT2D eigenvalue weighted by atomic mass is 28.3. The molecular weight excluding hydrogens is 254 g/mol. The lowest BCUT2D eigenvalue weighted by atomic mass is 10.2. The molecule has 0 spiro atoms. The third-order valence-corrected chi connectivity index (χ3v) is 3.98. The van der Waals surface area contributed by atoms with Crippen molar-refractivity contribution < 1.29 is 24.2 Å². The van der Waals surface area contributed by atoms with Gasteiger partial charge in [0.05, 0.1) is 13.7 Å². The Hall–Kier alpha value is -1.08. The monoisotopic (exact) mass is 277 g/mol. The zero-order chi connectivity index (χ0) is 14.2. The lowest BCUT2D eigenvalue weighted by molar-refractivity contribution is -0.143. The van der Waals surface area contributed by atoms with Crippen LogP contribution in [-0.2, 0) is 14.3 Å². The van der Waals surface area contributed by atoms with Crippen LogP contribution >= 0.6 is 0 Å². The van der Waals surface area contributed by atoms with Crippen LogP contribution in [0.4, 0.5) is 4.79 Å². The quantitative estimate of drug-likeness (QED) is 0.535. The number of aliphatic hydroxyl groups excluding tert-OH is 1. The number of hydrogen-bond donors (Lipinski definition) is 2. The molecule has 2 N–H and O–H groups in total. The fourth-order valence-electron chi connectivity index (χ4n) is 1.15. The molecule has 106 valence electrons. The molecule has 7 heteroatoms. The molecule has 0 aliphatic rings. The van der Waals surface area contributed by atoms with Crippen LogP contribution < -0.4 is 5.32 Å². The fraction of sp³-hybridized carbons (Fsp3) is 0.818. The highest BCUT2D eigenvalue weighted by molar-refractivity contribution is 6.76. The third-order valence-electron chi connectivity index (χ3n) is 2.28. The number of hydrogen-bond acceptors (Lipinski definition) is 5. The molecule has 1 atom stereocenters. The molecule has 0 radical (unpaired) electrons. The molecule has 0 aromatic carbocycles. The van der Waals surface area contributed by atoms with E-state index >= 15 is 0 Å². The Morgan fingerprint density at radius 1 is 1.33 bits per heavy atom. The van der Waals surface area contributed by atoms with E-state index in [0.717, 1.165) is 6.04 Å². The summed E-state index contributed by atoms with van der Waals surface area (Å²) in [5.41, 5.74) is 0. The summed E-state index contributed by atoms with van der Waals surface area (Å²) in [5.74, 6) is -0.591. The van der Waals surface area contributed by atoms with Crippen molar-refractivity contribution in [2.24, 2.45) is 0 Å². The Morgan fingerprint density at radius 3 is 2.39 bits per heavy atom. The molecule has 0 unspecified atom stereocenters. The minimum absolute atomic E-state index is 0.107. The largest absolute Gasteiger partial charge is 0.467 e. The number of aliphatic hydroxyl groups is 1. The Morgan fingerprint density at radius 2 is 1.94 bits per heavy atom. The summed E-state index contributed by atoms with van der Waals surface area (Å²) in [4.78, 5) is 22.7. The number of methoxy groups -OCH3 is 1. The summed E-state index contributed by atoms with van der Waals surface area (Å²) >= 11 is 0. The van der Waals surface area contributed by atoms with E-state index in [1.807, 2.05) is 0 Å². The van der Waals surface area contributed by atoms with Crippen LogP contribution in [0.2, 0.25) is 25.7 Å². The molecule has 0 aliphatic heterocycles. The van der Waals surface area contributed by atoms with E-state index in [9.17, 15) is 9.59 Å². The summed E-state index contributed by atoms with van der Waals surface area (Å²) in [6.45, 7) is 6.66. The molecule has 0 aromatic heterocycles. The van der Waals surface area contributed by atoms with Crippen molar-refractivity contribution in [3.05, 3.63) is 0 Å². The topological polar surface area (TPSA) is 84.9 Å². The molecule has 0 heterocycles. The molecule has 0 saturated carbocycles. The standard InChI is InChI=1S/C11H23NO5Si/c1-16-10(14)9(5-6-13)12-11(15)17-7-8-18(2,3)4/h9,13H,5-8H2,1-4H3,(H,12,15)/t9-/m0/s1. The van der Waals surface area contributed by atoms with E-state index in [2.05, 4.69) is 29.7 Å². The molecule has 1 amide bonds. The van der Waals surface area contributed by atoms with Gasteiger partial charge in [-0.15, -0.1) is 0 Å². The van der Waals surface area contributed by atoms with Gasteiger partial charge in [-0.1, -0.05) is 19.6 Å². The number of esters is 1. The number of ether oxygens (including phenoxy) is 2. The van der Waals surface area contributed by atoms with Crippen LogP contribution in [0.15, 0.2) is 0 Å². The zero-order valence-electron chi connectivity index (χ0n) is 11.5. The third kappa shape index (κ3) is 8.07. The van der Waals surface area contributed by atoms with Gasteiger partial charge in [0.2, 0.25) is 0 Å².